The van der Waals surface area contributed by atoms with Crippen molar-refractivity contribution in [3.8, 4) is 0 Å². The molecule has 20 nitrogen and oxygen atoms in total. The molecule has 0 aliphatic carbocycles. The summed E-state index contributed by atoms with van der Waals surface area (Å²) in [6.45, 7) is 6.64. The third-order valence-electron chi connectivity index (χ3n) is 11.3. The minimum atomic E-state index is -5.07. The van der Waals surface area contributed by atoms with Crippen molar-refractivity contribution in [1.29, 1.82) is 0 Å². The van der Waals surface area contributed by atoms with Crippen LogP contribution in [0.5, 0.6) is 0 Å². The monoisotopic (exact) mass is 1100 g/mol. The lowest BCUT2D eigenvalue weighted by atomic mass is 9.79. The maximum Gasteiger partial charge on any atom is 0.295 e. The molecule has 0 amide bonds. The molecule has 358 valence electrons. The van der Waals surface area contributed by atoms with Crippen LogP contribution < -0.4 is 4.90 Å². The summed E-state index contributed by atoms with van der Waals surface area (Å²) in [5, 5.41) is -0.187. The Morgan fingerprint density at radius 1 is 0.667 bits per heavy atom. The molecule has 0 unspecified atom stereocenters. The molecule has 0 saturated heterocycles. The lowest BCUT2D eigenvalue weighted by Gasteiger charge is -2.27. The highest BCUT2D eigenvalue weighted by atomic mass is 79.9. The highest BCUT2D eigenvalue weighted by molar-refractivity contribution is 9.11. The first-order valence-corrected chi connectivity index (χ1v) is 28.9. The van der Waals surface area contributed by atoms with Gasteiger partial charge in [-0.05, 0) is 91.2 Å². The topological polar surface area (TPSA) is 335 Å². The molecule has 0 atom stereocenters. The fourth-order valence-corrected chi connectivity index (χ4v) is 12.6. The second-order valence-electron chi connectivity index (χ2n) is 16.5. The van der Waals surface area contributed by atoms with Crippen LogP contribution in [0, 0.1) is 0 Å². The van der Waals surface area contributed by atoms with Crippen LogP contribution in [0.25, 0.3) is 21.5 Å². The first kappa shape index (κ1) is 51.4. The molecule has 4 aromatic rings. The van der Waals surface area contributed by atoms with Gasteiger partial charge in [-0.3, -0.25) is 22.8 Å². The van der Waals surface area contributed by atoms with Crippen molar-refractivity contribution in [3.05, 3.63) is 94.1 Å². The molecule has 0 aromatic heterocycles. The first-order chi connectivity index (χ1) is 29.9. The van der Waals surface area contributed by atoms with E-state index in [2.05, 4.69) is 15.9 Å². The first-order valence-electron chi connectivity index (χ1n) is 19.1. The van der Waals surface area contributed by atoms with Gasteiger partial charge in [0.2, 0.25) is 5.69 Å². The quantitative estimate of drug-likeness (QED) is 0.0588. The predicted octanol–water partition coefficient (Wildman–Crippen LogP) is 5.09. The van der Waals surface area contributed by atoms with Gasteiger partial charge in [-0.2, -0.15) is 46.7 Å². The standard InChI is InChI=1S/C39H41BrN2O18S6/c1-38(2)34(41(15-5-17-61(43,44)45)30-11-9-26-28(36(30)38)19-24(63(49,50)51)21-32(26)65(55,56)57)13-7-23(40)8-14-35-39(3,4)37-29-20-25(64(52,53)54)22-33(66(58,59)60)27(29)10-12-31(37)42(35)16-6-18-62(46,47)48/h7-14,19-22H,5-6,15-18H2,1-4H3,(H5-,43,44,45,46,47,48,49,50,51,52,53,54,55,56,57,58,59,60). The average molecular weight is 1100 g/mol. The van der Waals surface area contributed by atoms with E-state index in [1.54, 1.807) is 61.5 Å². The summed E-state index contributed by atoms with van der Waals surface area (Å²) in [6.07, 6.45) is 6.04. The van der Waals surface area contributed by atoms with Crippen LogP contribution in [-0.4, -0.2) is 113 Å². The van der Waals surface area contributed by atoms with Crippen LogP contribution in [-0.2, 0) is 71.5 Å². The van der Waals surface area contributed by atoms with E-state index in [9.17, 15) is 77.8 Å². The molecule has 0 bridgehead atoms. The van der Waals surface area contributed by atoms with E-state index in [1.165, 1.54) is 24.3 Å². The van der Waals surface area contributed by atoms with Crippen molar-refractivity contribution >= 4 is 115 Å². The predicted molar refractivity (Wildman–Crippen MR) is 245 cm³/mol. The van der Waals surface area contributed by atoms with Crippen LogP contribution in [0.1, 0.15) is 51.7 Å². The van der Waals surface area contributed by atoms with Gasteiger partial charge in [0.15, 0.2) is 5.71 Å². The van der Waals surface area contributed by atoms with Gasteiger partial charge in [0.25, 0.3) is 50.6 Å². The zero-order valence-electron chi connectivity index (χ0n) is 34.9. The Bertz CT molecular complexity index is 3600. The smallest absolute Gasteiger partial charge is 0.295 e. The fourth-order valence-electron chi connectivity index (χ4n) is 8.66. The fraction of sp³-hybridized carbons (Fsp3) is 0.308. The number of hydrogen-bond acceptors (Lipinski definition) is 14. The van der Waals surface area contributed by atoms with E-state index in [-0.39, 0.29) is 47.5 Å². The minimum Gasteiger partial charge on any atom is -0.748 e. The summed E-state index contributed by atoms with van der Waals surface area (Å²) >= 11 is 3.51. The molecule has 0 radical (unpaired) electrons. The Morgan fingerprint density at radius 2 is 1.18 bits per heavy atom. The molecular formula is C39H41BrN2O18S6. The van der Waals surface area contributed by atoms with Gasteiger partial charge in [0, 0.05) is 68.5 Å². The molecule has 2 aliphatic heterocycles. The third-order valence-corrected chi connectivity index (χ3v) is 16.9. The lowest BCUT2D eigenvalue weighted by Crippen LogP contribution is -2.28. The van der Waals surface area contributed by atoms with Crippen molar-refractivity contribution in [3.63, 3.8) is 0 Å². The number of rotatable bonds is 15. The van der Waals surface area contributed by atoms with Gasteiger partial charge in [0.1, 0.15) is 16.3 Å². The van der Waals surface area contributed by atoms with Crippen molar-refractivity contribution in [2.24, 2.45) is 0 Å². The third kappa shape index (κ3) is 10.4. The Hall–Kier alpha value is -3.97. The summed E-state index contributed by atoms with van der Waals surface area (Å²) in [5.74, 6) is -1.41. The number of anilines is 1. The van der Waals surface area contributed by atoms with Crippen molar-refractivity contribution in [2.45, 2.75) is 70.9 Å². The van der Waals surface area contributed by atoms with Gasteiger partial charge in [-0.1, -0.05) is 35.8 Å². The van der Waals surface area contributed by atoms with Crippen LogP contribution >= 0.6 is 15.9 Å². The second kappa shape index (κ2) is 17.2. The minimum absolute atomic E-state index is 0.00139. The van der Waals surface area contributed by atoms with Crippen LogP contribution in [0.3, 0.4) is 0 Å². The number of hydrogen-bond donors (Lipinski definition) is 5. The largest absolute Gasteiger partial charge is 0.748 e. The van der Waals surface area contributed by atoms with Gasteiger partial charge in [-0.25, -0.2) is 8.42 Å². The van der Waals surface area contributed by atoms with Gasteiger partial charge < -0.3 is 9.45 Å². The normalized spacial score (nSPS) is 17.7. The van der Waals surface area contributed by atoms with E-state index < -0.39 is 103 Å². The molecule has 4 aromatic carbocycles. The van der Waals surface area contributed by atoms with Crippen LogP contribution in [0.2, 0.25) is 0 Å². The lowest BCUT2D eigenvalue weighted by molar-refractivity contribution is -0.437. The molecule has 66 heavy (non-hydrogen) atoms. The summed E-state index contributed by atoms with van der Waals surface area (Å²) in [7, 11) is -29.3. The number of nitrogens with zero attached hydrogens (tertiary/aromatic N) is 2. The summed E-state index contributed by atoms with van der Waals surface area (Å²) in [5.41, 5.74) is -0.132. The molecule has 2 aliphatic rings. The average Bonchev–Trinajstić information content (AvgIpc) is 3.50. The van der Waals surface area contributed by atoms with Gasteiger partial charge >= 0.3 is 0 Å². The number of allylic oxidation sites excluding steroid dienone is 6. The van der Waals surface area contributed by atoms with E-state index >= 15 is 0 Å². The summed E-state index contributed by atoms with van der Waals surface area (Å²) in [4.78, 5) is -1.63. The molecule has 0 saturated carbocycles. The highest BCUT2D eigenvalue weighted by Crippen LogP contribution is 2.52. The zero-order chi connectivity index (χ0) is 49.5. The number of benzene rings is 4. The molecule has 2 heterocycles. The Labute approximate surface area is 389 Å². The molecule has 0 fully saturated rings. The maximum absolute atomic E-state index is 12.5. The maximum atomic E-state index is 12.5. The molecule has 0 spiro atoms. The van der Waals surface area contributed by atoms with Crippen molar-refractivity contribution in [2.75, 3.05) is 29.5 Å². The van der Waals surface area contributed by atoms with Crippen molar-refractivity contribution in [1.82, 2.24) is 0 Å². The van der Waals surface area contributed by atoms with E-state index in [0.717, 1.165) is 12.1 Å². The SMILES string of the molecule is CC1(C)C(/C=C/C(Br)=C/C=C2\N(CCCS(=O)(=O)O)c3ccc4c(S(=O)(=O)O)cc(S(=O)(=O)O)cc4c3C2(C)C)=[N+](CCCS(=O)(=O)[O-])c2ccc3c(S(=O)(=O)O)cc(S(=O)(=O)O)cc3c21. The van der Waals surface area contributed by atoms with Gasteiger partial charge in [-0.15, -0.1) is 0 Å². The second-order valence-corrected chi connectivity index (χ2v) is 26.1. The number of halogens is 1. The summed E-state index contributed by atoms with van der Waals surface area (Å²) in [6, 6.07) is 8.86. The van der Waals surface area contributed by atoms with Crippen molar-refractivity contribution < 1.29 is 82.4 Å². The Morgan fingerprint density at radius 3 is 1.67 bits per heavy atom. The Balaban J connectivity index is 1.52. The molecule has 6 rings (SSSR count). The molecule has 5 N–H and O–H groups in total. The molecule has 27 heteroatoms. The molecular weight excluding hydrogens is 1060 g/mol. The number of fused-ring (bicyclic) bond motifs is 6. The van der Waals surface area contributed by atoms with E-state index in [4.69, 9.17) is 0 Å². The van der Waals surface area contributed by atoms with Crippen LogP contribution in [0.4, 0.5) is 11.4 Å². The zero-order valence-corrected chi connectivity index (χ0v) is 41.4. The van der Waals surface area contributed by atoms with Gasteiger partial charge in [0.05, 0.1) is 31.1 Å². The summed E-state index contributed by atoms with van der Waals surface area (Å²) < 4.78 is 209. The van der Waals surface area contributed by atoms with Crippen LogP contribution in [0.15, 0.2) is 103 Å². The van der Waals surface area contributed by atoms with E-state index in [0.29, 0.717) is 50.5 Å². The highest BCUT2D eigenvalue weighted by Gasteiger charge is 2.46. The Kier molecular flexibility index (Phi) is 13.4. The van der Waals surface area contributed by atoms with E-state index in [1.807, 2.05) is 0 Å².